The number of amides is 3. The summed E-state index contributed by atoms with van der Waals surface area (Å²) in [5.74, 6) is -0.337. The number of hydrogen-bond acceptors (Lipinski definition) is 4. The number of nitrogens with one attached hydrogen (secondary N) is 2. The second kappa shape index (κ2) is 5.97. The van der Waals surface area contributed by atoms with E-state index < -0.39 is 11.6 Å². The normalized spacial score (nSPS) is 24.6. The van der Waals surface area contributed by atoms with Crippen LogP contribution in [-0.2, 0) is 4.79 Å². The largest absolute Gasteiger partial charge is 0.389 e. The van der Waals surface area contributed by atoms with Crippen molar-refractivity contribution < 1.29 is 14.7 Å². The molecule has 0 saturated carbocycles. The molecule has 98 valence electrons. The molecular weight excluding hydrogens is 222 g/mol. The fraction of sp³-hybridized carbons (Fsp3) is 0.818. The lowest BCUT2D eigenvalue weighted by Gasteiger charge is -2.18. The zero-order valence-electron chi connectivity index (χ0n) is 10.5. The number of carbonyl (C=O) groups is 2. The van der Waals surface area contributed by atoms with Crippen LogP contribution in [0.25, 0.3) is 0 Å². The SMILES string of the molecule is CCCNC(=O)NC(=O)CN1CCC(C)(O)C1. The molecule has 0 radical (unpaired) electrons. The number of rotatable bonds is 4. The highest BCUT2D eigenvalue weighted by Gasteiger charge is 2.32. The smallest absolute Gasteiger partial charge is 0.321 e. The number of hydrogen-bond donors (Lipinski definition) is 3. The first-order chi connectivity index (χ1) is 7.93. The van der Waals surface area contributed by atoms with Crippen LogP contribution >= 0.6 is 0 Å². The van der Waals surface area contributed by atoms with E-state index in [4.69, 9.17) is 0 Å². The fourth-order valence-electron chi connectivity index (χ4n) is 1.83. The van der Waals surface area contributed by atoms with E-state index in [2.05, 4.69) is 10.6 Å². The van der Waals surface area contributed by atoms with E-state index >= 15 is 0 Å². The molecule has 1 aliphatic heterocycles. The lowest BCUT2D eigenvalue weighted by atomic mass is 10.1. The van der Waals surface area contributed by atoms with Crippen LogP contribution in [0, 0.1) is 0 Å². The summed E-state index contributed by atoms with van der Waals surface area (Å²) in [5, 5.41) is 14.5. The number of aliphatic hydroxyl groups is 1. The molecule has 17 heavy (non-hydrogen) atoms. The Balaban J connectivity index is 2.24. The number of carbonyl (C=O) groups excluding carboxylic acids is 2. The van der Waals surface area contributed by atoms with Crippen LogP contribution in [0.4, 0.5) is 4.79 Å². The molecule has 0 bridgehead atoms. The second-order valence-electron chi connectivity index (χ2n) is 4.76. The van der Waals surface area contributed by atoms with Gasteiger partial charge in [-0.05, 0) is 19.8 Å². The first-order valence-electron chi connectivity index (χ1n) is 5.95. The monoisotopic (exact) mass is 243 g/mol. The van der Waals surface area contributed by atoms with Crippen LogP contribution in [-0.4, -0.2) is 53.7 Å². The maximum Gasteiger partial charge on any atom is 0.321 e. The summed E-state index contributed by atoms with van der Waals surface area (Å²) in [5.41, 5.74) is -0.718. The minimum Gasteiger partial charge on any atom is -0.389 e. The Kier molecular flexibility index (Phi) is 4.89. The molecule has 1 saturated heterocycles. The van der Waals surface area contributed by atoms with Crippen molar-refractivity contribution in [3.63, 3.8) is 0 Å². The molecule has 6 heteroatoms. The summed E-state index contributed by atoms with van der Waals surface area (Å²) >= 11 is 0. The van der Waals surface area contributed by atoms with Gasteiger partial charge in [0.25, 0.3) is 0 Å². The molecule has 3 N–H and O–H groups in total. The molecule has 0 aliphatic carbocycles. The van der Waals surface area contributed by atoms with Crippen LogP contribution in [0.3, 0.4) is 0 Å². The molecule has 0 spiro atoms. The van der Waals surface area contributed by atoms with E-state index in [1.54, 1.807) is 6.92 Å². The summed E-state index contributed by atoms with van der Waals surface area (Å²) in [4.78, 5) is 24.5. The fourth-order valence-corrected chi connectivity index (χ4v) is 1.83. The topological polar surface area (TPSA) is 81.7 Å². The highest BCUT2D eigenvalue weighted by Crippen LogP contribution is 2.19. The number of imide groups is 1. The average molecular weight is 243 g/mol. The number of β-amino-alcohol motifs (C(OH)–C–C–N with tert-alkyl or cyclic N) is 1. The van der Waals surface area contributed by atoms with E-state index in [1.807, 2.05) is 11.8 Å². The van der Waals surface area contributed by atoms with Gasteiger partial charge < -0.3 is 10.4 Å². The molecule has 6 nitrogen and oxygen atoms in total. The van der Waals surface area contributed by atoms with Crippen molar-refractivity contribution in [2.24, 2.45) is 0 Å². The molecule has 1 aliphatic rings. The van der Waals surface area contributed by atoms with Crippen molar-refractivity contribution in [1.29, 1.82) is 0 Å². The maximum atomic E-state index is 11.5. The van der Waals surface area contributed by atoms with Gasteiger partial charge in [0.05, 0.1) is 12.1 Å². The van der Waals surface area contributed by atoms with Crippen molar-refractivity contribution >= 4 is 11.9 Å². The Labute approximate surface area is 101 Å². The Morgan fingerprint density at radius 3 is 2.71 bits per heavy atom. The minimum absolute atomic E-state index is 0.149. The van der Waals surface area contributed by atoms with Gasteiger partial charge in [0, 0.05) is 19.6 Å². The zero-order chi connectivity index (χ0) is 12.9. The molecule has 0 aromatic rings. The average Bonchev–Trinajstić information content (AvgIpc) is 2.54. The minimum atomic E-state index is -0.718. The number of urea groups is 1. The molecule has 1 atom stereocenters. The van der Waals surface area contributed by atoms with Gasteiger partial charge in [0.15, 0.2) is 0 Å². The van der Waals surface area contributed by atoms with Gasteiger partial charge in [-0.3, -0.25) is 15.0 Å². The molecule has 3 amide bonds. The molecular formula is C11H21N3O3. The van der Waals surface area contributed by atoms with Crippen LogP contribution in [0.2, 0.25) is 0 Å². The van der Waals surface area contributed by atoms with E-state index in [9.17, 15) is 14.7 Å². The third-order valence-electron chi connectivity index (χ3n) is 2.69. The Hall–Kier alpha value is -1.14. The van der Waals surface area contributed by atoms with Crippen molar-refractivity contribution in [3.05, 3.63) is 0 Å². The summed E-state index contributed by atoms with van der Waals surface area (Å²) < 4.78 is 0. The number of nitrogens with zero attached hydrogens (tertiary/aromatic N) is 1. The molecule has 1 heterocycles. The quantitative estimate of drug-likeness (QED) is 0.632. The van der Waals surface area contributed by atoms with Crippen molar-refractivity contribution in [3.8, 4) is 0 Å². The molecule has 1 unspecified atom stereocenters. The van der Waals surface area contributed by atoms with Gasteiger partial charge in [-0.25, -0.2) is 4.79 Å². The summed E-state index contributed by atoms with van der Waals surface area (Å²) in [6.07, 6.45) is 1.49. The molecule has 0 aromatic heterocycles. The lowest BCUT2D eigenvalue weighted by molar-refractivity contribution is -0.121. The highest BCUT2D eigenvalue weighted by atomic mass is 16.3. The van der Waals surface area contributed by atoms with E-state index in [-0.39, 0.29) is 12.5 Å². The van der Waals surface area contributed by atoms with Gasteiger partial charge in [-0.15, -0.1) is 0 Å². The standard InChI is InChI=1S/C11H21N3O3/c1-3-5-12-10(16)13-9(15)7-14-6-4-11(2,17)8-14/h17H,3-8H2,1-2H3,(H2,12,13,15,16). The highest BCUT2D eigenvalue weighted by molar-refractivity contribution is 5.95. The summed E-state index contributed by atoms with van der Waals surface area (Å²) in [6.45, 7) is 5.54. The third kappa shape index (κ3) is 5.14. The summed E-state index contributed by atoms with van der Waals surface area (Å²) in [7, 11) is 0. The molecule has 1 rings (SSSR count). The van der Waals surface area contributed by atoms with Gasteiger partial charge >= 0.3 is 6.03 Å². The zero-order valence-corrected chi connectivity index (χ0v) is 10.5. The molecule has 0 aromatic carbocycles. The molecule has 1 fully saturated rings. The lowest BCUT2D eigenvalue weighted by Crippen LogP contribution is -2.44. The summed E-state index contributed by atoms with van der Waals surface area (Å²) in [6, 6.07) is -0.456. The third-order valence-corrected chi connectivity index (χ3v) is 2.69. The first kappa shape index (κ1) is 13.9. The van der Waals surface area contributed by atoms with Gasteiger partial charge in [-0.1, -0.05) is 6.92 Å². The van der Waals surface area contributed by atoms with Gasteiger partial charge in [0.1, 0.15) is 0 Å². The van der Waals surface area contributed by atoms with E-state index in [0.717, 1.165) is 6.42 Å². The Morgan fingerprint density at radius 2 is 2.18 bits per heavy atom. The Bertz CT molecular complexity index is 292. The van der Waals surface area contributed by atoms with Gasteiger partial charge in [-0.2, -0.15) is 0 Å². The van der Waals surface area contributed by atoms with Gasteiger partial charge in [0.2, 0.25) is 5.91 Å². The number of likely N-dealkylation sites (tertiary alicyclic amines) is 1. The predicted molar refractivity (Wildman–Crippen MR) is 63.5 cm³/mol. The van der Waals surface area contributed by atoms with Crippen LogP contribution in [0.5, 0.6) is 0 Å². The van der Waals surface area contributed by atoms with Crippen molar-refractivity contribution in [2.75, 3.05) is 26.2 Å². The first-order valence-corrected chi connectivity index (χ1v) is 5.95. The second-order valence-corrected chi connectivity index (χ2v) is 4.76. The Morgan fingerprint density at radius 1 is 1.47 bits per heavy atom. The van der Waals surface area contributed by atoms with E-state index in [0.29, 0.717) is 26.1 Å². The van der Waals surface area contributed by atoms with Crippen molar-refractivity contribution in [1.82, 2.24) is 15.5 Å². The van der Waals surface area contributed by atoms with Crippen molar-refractivity contribution in [2.45, 2.75) is 32.3 Å². The maximum absolute atomic E-state index is 11.5. The predicted octanol–water partition coefficient (Wildman–Crippen LogP) is -0.321. The van der Waals surface area contributed by atoms with Crippen LogP contribution in [0.1, 0.15) is 26.7 Å². The van der Waals surface area contributed by atoms with Crippen LogP contribution in [0.15, 0.2) is 0 Å². The van der Waals surface area contributed by atoms with Crippen LogP contribution < -0.4 is 10.6 Å². The van der Waals surface area contributed by atoms with E-state index in [1.165, 1.54) is 0 Å².